The summed E-state index contributed by atoms with van der Waals surface area (Å²) in [4.78, 5) is 4.06. The maximum absolute atomic E-state index is 13.7. The van der Waals surface area contributed by atoms with Crippen molar-refractivity contribution in [1.82, 2.24) is 4.98 Å². The first-order chi connectivity index (χ1) is 12.8. The molecule has 0 bridgehead atoms. The van der Waals surface area contributed by atoms with Crippen LogP contribution < -0.4 is 4.31 Å². The van der Waals surface area contributed by atoms with Crippen molar-refractivity contribution in [3.05, 3.63) is 53.5 Å². The van der Waals surface area contributed by atoms with Gasteiger partial charge in [-0.05, 0) is 50.3 Å². The van der Waals surface area contributed by atoms with Gasteiger partial charge in [-0.2, -0.15) is 5.26 Å². The molecule has 1 heterocycles. The highest BCUT2D eigenvalue weighted by atomic mass is 32.2. The van der Waals surface area contributed by atoms with Crippen molar-refractivity contribution in [3.8, 4) is 6.07 Å². The number of aryl methyl sites for hydroxylation is 1. The summed E-state index contributed by atoms with van der Waals surface area (Å²) < 4.78 is 41.7. The molecule has 1 aliphatic rings. The van der Waals surface area contributed by atoms with Gasteiger partial charge in [0, 0.05) is 12.1 Å². The Morgan fingerprint density at radius 1 is 1.26 bits per heavy atom. The average molecular weight is 389 g/mol. The highest BCUT2D eigenvalue weighted by Gasteiger charge is 2.35. The quantitative estimate of drug-likeness (QED) is 0.868. The lowest BCUT2D eigenvalue weighted by molar-refractivity contribution is 0.124. The Labute approximate surface area is 157 Å². The topological polar surface area (TPSA) is 94.3 Å². The Bertz CT molecular complexity index is 980. The molecule has 1 fully saturated rings. The van der Waals surface area contributed by atoms with Crippen LogP contribution in [0.2, 0.25) is 0 Å². The Balaban J connectivity index is 2.12. The molecule has 142 valence electrons. The molecule has 27 heavy (non-hydrogen) atoms. The number of aromatic nitrogens is 1. The van der Waals surface area contributed by atoms with Gasteiger partial charge in [-0.25, -0.2) is 22.1 Å². The summed E-state index contributed by atoms with van der Waals surface area (Å²) in [5.41, 5.74) is 0.528. The Hall–Kier alpha value is -2.50. The van der Waals surface area contributed by atoms with Crippen LogP contribution in [0.15, 0.2) is 41.4 Å². The van der Waals surface area contributed by atoms with Crippen LogP contribution in [0.3, 0.4) is 0 Å². The molecule has 0 amide bonds. The molecule has 8 heteroatoms. The van der Waals surface area contributed by atoms with Crippen LogP contribution in [-0.2, 0) is 10.0 Å². The minimum Gasteiger partial charge on any atom is -0.393 e. The molecular weight excluding hydrogens is 369 g/mol. The van der Waals surface area contributed by atoms with Gasteiger partial charge in [0.15, 0.2) is 5.82 Å². The number of rotatable bonds is 4. The number of nitrogens with zero attached hydrogens (tertiary/aromatic N) is 3. The molecule has 1 aromatic carbocycles. The molecule has 1 aliphatic carbocycles. The normalized spacial score (nSPS) is 20.1. The first kappa shape index (κ1) is 19.3. The molecule has 0 radical (unpaired) electrons. The Kier molecular flexibility index (Phi) is 5.44. The predicted molar refractivity (Wildman–Crippen MR) is 98.0 cm³/mol. The number of anilines is 1. The fraction of sp³-hybridized carbons (Fsp3) is 0.368. The van der Waals surface area contributed by atoms with Gasteiger partial charge in [0.2, 0.25) is 0 Å². The van der Waals surface area contributed by atoms with Crippen LogP contribution in [0.4, 0.5) is 10.2 Å². The molecule has 1 aromatic heterocycles. The summed E-state index contributed by atoms with van der Waals surface area (Å²) in [6.45, 7) is 1.80. The van der Waals surface area contributed by atoms with Crippen molar-refractivity contribution >= 4 is 15.8 Å². The number of pyridine rings is 1. The summed E-state index contributed by atoms with van der Waals surface area (Å²) in [5.74, 6) is -0.788. The van der Waals surface area contributed by atoms with E-state index in [0.717, 1.165) is 17.8 Å². The standard InChI is InChI=1S/C19H20FN3O3S/c1-13-3-2-4-17(9-13)27(25,26)23(15-5-7-16(24)8-6-15)19-10-14(11-21)18(20)12-22-19/h2-4,9-10,12,15-16,24H,5-8H2,1H3. The number of nitriles is 1. The molecule has 0 atom stereocenters. The lowest BCUT2D eigenvalue weighted by Crippen LogP contribution is -2.43. The van der Waals surface area contributed by atoms with Gasteiger partial charge in [-0.1, -0.05) is 12.1 Å². The SMILES string of the molecule is Cc1cccc(S(=O)(=O)N(c2cc(C#N)c(F)cn2)C2CCC(O)CC2)c1. The summed E-state index contributed by atoms with van der Waals surface area (Å²) in [7, 11) is -3.97. The molecule has 0 saturated heterocycles. The fourth-order valence-electron chi connectivity index (χ4n) is 3.32. The van der Waals surface area contributed by atoms with E-state index in [1.165, 1.54) is 10.4 Å². The molecule has 0 spiro atoms. The molecule has 6 nitrogen and oxygen atoms in total. The van der Waals surface area contributed by atoms with Crippen LogP contribution in [-0.4, -0.2) is 30.7 Å². The van der Waals surface area contributed by atoms with E-state index in [2.05, 4.69) is 4.98 Å². The van der Waals surface area contributed by atoms with Crippen LogP contribution >= 0.6 is 0 Å². The zero-order valence-electron chi connectivity index (χ0n) is 14.8. The lowest BCUT2D eigenvalue weighted by atomic mass is 9.93. The largest absolute Gasteiger partial charge is 0.393 e. The predicted octanol–water partition coefficient (Wildman–Crippen LogP) is 2.90. The molecule has 0 aliphatic heterocycles. The van der Waals surface area contributed by atoms with Gasteiger partial charge in [0.1, 0.15) is 11.9 Å². The van der Waals surface area contributed by atoms with E-state index >= 15 is 0 Å². The number of hydrogen-bond donors (Lipinski definition) is 1. The number of halogens is 1. The summed E-state index contributed by atoms with van der Waals surface area (Å²) in [6.07, 6.45) is 2.25. The molecule has 0 unspecified atom stereocenters. The van der Waals surface area contributed by atoms with E-state index < -0.39 is 28.0 Å². The highest BCUT2D eigenvalue weighted by Crippen LogP contribution is 2.32. The number of hydrogen-bond acceptors (Lipinski definition) is 5. The minimum atomic E-state index is -3.97. The van der Waals surface area contributed by atoms with E-state index in [4.69, 9.17) is 5.26 Å². The maximum atomic E-state index is 13.7. The van der Waals surface area contributed by atoms with Crippen molar-refractivity contribution in [3.63, 3.8) is 0 Å². The van der Waals surface area contributed by atoms with Crippen LogP contribution in [0.1, 0.15) is 36.8 Å². The fourth-order valence-corrected chi connectivity index (χ4v) is 5.08. The van der Waals surface area contributed by atoms with Crippen LogP contribution in [0, 0.1) is 24.1 Å². The summed E-state index contributed by atoms with van der Waals surface area (Å²) in [5, 5.41) is 18.9. The third-order valence-corrected chi connectivity index (χ3v) is 6.58. The van der Waals surface area contributed by atoms with Gasteiger partial charge in [-0.15, -0.1) is 0 Å². The Morgan fingerprint density at radius 2 is 1.96 bits per heavy atom. The van der Waals surface area contributed by atoms with E-state index in [9.17, 15) is 17.9 Å². The van der Waals surface area contributed by atoms with Gasteiger partial charge in [-0.3, -0.25) is 0 Å². The van der Waals surface area contributed by atoms with Crippen molar-refractivity contribution in [2.24, 2.45) is 0 Å². The van der Waals surface area contributed by atoms with E-state index in [-0.39, 0.29) is 16.3 Å². The van der Waals surface area contributed by atoms with Crippen LogP contribution in [0.5, 0.6) is 0 Å². The number of aliphatic hydroxyl groups excluding tert-OH is 1. The zero-order chi connectivity index (χ0) is 19.6. The van der Waals surface area contributed by atoms with Crippen molar-refractivity contribution in [1.29, 1.82) is 5.26 Å². The van der Waals surface area contributed by atoms with Crippen LogP contribution in [0.25, 0.3) is 0 Å². The monoisotopic (exact) mass is 389 g/mol. The maximum Gasteiger partial charge on any atom is 0.265 e. The first-order valence-electron chi connectivity index (χ1n) is 8.67. The van der Waals surface area contributed by atoms with E-state index in [1.807, 2.05) is 0 Å². The molecular formula is C19H20FN3O3S. The lowest BCUT2D eigenvalue weighted by Gasteiger charge is -2.35. The molecule has 1 N–H and O–H groups in total. The molecule has 1 saturated carbocycles. The minimum absolute atomic E-state index is 0.0100. The highest BCUT2D eigenvalue weighted by molar-refractivity contribution is 7.92. The third-order valence-electron chi connectivity index (χ3n) is 4.73. The molecule has 2 aromatic rings. The average Bonchev–Trinajstić information content (AvgIpc) is 2.64. The number of aliphatic hydroxyl groups is 1. The van der Waals surface area contributed by atoms with E-state index in [1.54, 1.807) is 31.2 Å². The first-order valence-corrected chi connectivity index (χ1v) is 10.1. The van der Waals surface area contributed by atoms with E-state index in [0.29, 0.717) is 25.7 Å². The van der Waals surface area contributed by atoms with Gasteiger partial charge >= 0.3 is 0 Å². The summed E-state index contributed by atoms with van der Waals surface area (Å²) in [6, 6.07) is 8.98. The molecule has 3 rings (SSSR count). The smallest absolute Gasteiger partial charge is 0.265 e. The van der Waals surface area contributed by atoms with Crippen molar-refractivity contribution in [2.45, 2.75) is 49.6 Å². The third kappa shape index (κ3) is 3.94. The zero-order valence-corrected chi connectivity index (χ0v) is 15.7. The van der Waals surface area contributed by atoms with Crippen molar-refractivity contribution in [2.75, 3.05) is 4.31 Å². The van der Waals surface area contributed by atoms with Gasteiger partial charge < -0.3 is 5.11 Å². The summed E-state index contributed by atoms with van der Waals surface area (Å²) >= 11 is 0. The second-order valence-corrected chi connectivity index (χ2v) is 8.53. The second kappa shape index (κ2) is 7.62. The van der Waals surface area contributed by atoms with Gasteiger partial charge in [0.05, 0.1) is 22.8 Å². The number of benzene rings is 1. The second-order valence-electron chi connectivity index (χ2n) is 6.71. The van der Waals surface area contributed by atoms with Crippen molar-refractivity contribution < 1.29 is 17.9 Å². The number of sulfonamides is 1. The van der Waals surface area contributed by atoms with Gasteiger partial charge in [0.25, 0.3) is 10.0 Å². The Morgan fingerprint density at radius 3 is 2.59 bits per heavy atom.